The summed E-state index contributed by atoms with van der Waals surface area (Å²) in [7, 11) is 0. The molecule has 0 radical (unpaired) electrons. The molecule has 1 fully saturated rings. The van der Waals surface area contributed by atoms with Crippen molar-refractivity contribution in [3.8, 4) is 0 Å². The first kappa shape index (κ1) is 29.0. The Morgan fingerprint density at radius 2 is 2.21 bits per heavy atom. The average Bonchev–Trinajstić information content (AvgIpc) is 3.41. The van der Waals surface area contributed by atoms with Crippen LogP contribution < -0.4 is 5.32 Å². The number of carbonyl (C=O) groups excluding carboxylic acids is 2. The Hall–Kier alpha value is -3.00. The van der Waals surface area contributed by atoms with Crippen LogP contribution in [0.5, 0.6) is 0 Å². The van der Waals surface area contributed by atoms with Crippen molar-refractivity contribution >= 4 is 41.2 Å². The molecule has 0 aliphatic carbocycles. The Bertz CT molecular complexity index is 1240. The van der Waals surface area contributed by atoms with Gasteiger partial charge < -0.3 is 19.5 Å². The van der Waals surface area contributed by atoms with Crippen molar-refractivity contribution in [1.29, 1.82) is 0 Å². The molecule has 0 saturated carbocycles. The molecule has 1 N–H and O–H groups in total. The zero-order chi connectivity index (χ0) is 28.0. The van der Waals surface area contributed by atoms with Crippen LogP contribution in [0.3, 0.4) is 0 Å². The van der Waals surface area contributed by atoms with E-state index in [1.165, 1.54) is 28.4 Å². The van der Waals surface area contributed by atoms with Gasteiger partial charge in [0.15, 0.2) is 17.6 Å². The molecule has 2 aliphatic rings. The monoisotopic (exact) mass is 586 g/mol. The van der Waals surface area contributed by atoms with Crippen LogP contribution >= 0.6 is 22.9 Å². The molecule has 14 heteroatoms. The number of hydrogen-bond donors (Lipinski definition) is 1. The highest BCUT2D eigenvalue weighted by atomic mass is 35.5. The summed E-state index contributed by atoms with van der Waals surface area (Å²) in [6.07, 6.45) is 1.18. The highest BCUT2D eigenvalue weighted by Gasteiger charge is 2.42. The van der Waals surface area contributed by atoms with E-state index in [1.54, 1.807) is 18.5 Å². The summed E-state index contributed by atoms with van der Waals surface area (Å²) in [5, 5.41) is 5.40. The predicted molar refractivity (Wildman–Crippen MR) is 137 cm³/mol. The topological polar surface area (TPSA) is 102 Å². The van der Waals surface area contributed by atoms with Crippen LogP contribution in [0.2, 0.25) is 5.02 Å². The number of thiazole rings is 1. The molecule has 1 unspecified atom stereocenters. The molecule has 39 heavy (non-hydrogen) atoms. The minimum Gasteiger partial charge on any atom is -0.463 e. The molecular weight excluding hydrogens is 561 g/mol. The van der Waals surface area contributed by atoms with E-state index in [9.17, 15) is 22.8 Å². The molecule has 2 atom stereocenters. The number of likely N-dealkylation sites (tertiary alicyclic amines) is 1. The third-order valence-corrected chi connectivity index (χ3v) is 7.13. The Balaban J connectivity index is 1.71. The number of nitrogens with zero attached hydrogens (tertiary/aromatic N) is 3. The fourth-order valence-corrected chi connectivity index (χ4v) is 5.48. The molecule has 210 valence electrons. The number of alkyl halides is 2. The number of halogens is 4. The lowest BCUT2D eigenvalue weighted by Gasteiger charge is -2.39. The van der Waals surface area contributed by atoms with Crippen LogP contribution in [0.1, 0.15) is 30.0 Å². The van der Waals surface area contributed by atoms with E-state index in [1.807, 2.05) is 0 Å². The Morgan fingerprint density at radius 3 is 2.90 bits per heavy atom. The van der Waals surface area contributed by atoms with E-state index in [2.05, 4.69) is 20.0 Å². The minimum atomic E-state index is -3.02. The summed E-state index contributed by atoms with van der Waals surface area (Å²) in [6, 6.07) is 2.74. The molecule has 1 aromatic carbocycles. The maximum absolute atomic E-state index is 14.7. The Morgan fingerprint density at radius 1 is 1.38 bits per heavy atom. The number of ether oxygens (including phenoxy) is 3. The van der Waals surface area contributed by atoms with Crippen LogP contribution in [-0.4, -0.2) is 73.7 Å². The van der Waals surface area contributed by atoms with Gasteiger partial charge in [-0.05, 0) is 19.1 Å². The lowest BCUT2D eigenvalue weighted by molar-refractivity contribution is -0.146. The fourth-order valence-electron chi connectivity index (χ4n) is 4.62. The van der Waals surface area contributed by atoms with Crippen molar-refractivity contribution in [2.75, 3.05) is 39.6 Å². The van der Waals surface area contributed by atoms with Gasteiger partial charge in [-0.2, -0.15) is 0 Å². The number of piperidine rings is 1. The van der Waals surface area contributed by atoms with Gasteiger partial charge in [0.25, 0.3) is 12.4 Å². The van der Waals surface area contributed by atoms with Gasteiger partial charge in [0, 0.05) is 53.3 Å². The van der Waals surface area contributed by atoms with Crippen molar-refractivity contribution in [2.24, 2.45) is 10.9 Å². The zero-order valence-electron chi connectivity index (χ0n) is 20.9. The van der Waals surface area contributed by atoms with Crippen LogP contribution in [-0.2, 0) is 23.8 Å². The fraction of sp³-hybridized carbons (Fsp3) is 0.440. The molecule has 2 aliphatic heterocycles. The second-order valence-electron chi connectivity index (χ2n) is 8.97. The largest absolute Gasteiger partial charge is 0.463 e. The van der Waals surface area contributed by atoms with Gasteiger partial charge in [0.1, 0.15) is 11.9 Å². The highest BCUT2D eigenvalue weighted by molar-refractivity contribution is 7.11. The molecule has 9 nitrogen and oxygen atoms in total. The summed E-state index contributed by atoms with van der Waals surface area (Å²) in [6.45, 7) is 1.13. The first-order valence-corrected chi connectivity index (χ1v) is 13.3. The summed E-state index contributed by atoms with van der Waals surface area (Å²) in [4.78, 5) is 34.0. The van der Waals surface area contributed by atoms with Gasteiger partial charge in [-0.3, -0.25) is 14.7 Å². The van der Waals surface area contributed by atoms with Gasteiger partial charge in [0.05, 0.1) is 25.3 Å². The van der Waals surface area contributed by atoms with Gasteiger partial charge in [0.2, 0.25) is 0 Å². The van der Waals surface area contributed by atoms with E-state index in [0.29, 0.717) is 22.1 Å². The first-order chi connectivity index (χ1) is 18.7. The second-order valence-corrected chi connectivity index (χ2v) is 10.3. The van der Waals surface area contributed by atoms with E-state index >= 15 is 0 Å². The van der Waals surface area contributed by atoms with E-state index in [-0.39, 0.29) is 50.2 Å². The van der Waals surface area contributed by atoms with Gasteiger partial charge >= 0.3 is 5.97 Å². The van der Waals surface area contributed by atoms with Crippen LogP contribution in [0.15, 0.2) is 46.0 Å². The molecule has 0 spiro atoms. The first-order valence-electron chi connectivity index (χ1n) is 12.0. The number of nitrogens with one attached hydrogen (secondary N) is 1. The van der Waals surface area contributed by atoms with Crippen molar-refractivity contribution in [3.05, 3.63) is 62.5 Å². The molecular formula is C25H26ClF3N4O5S. The summed E-state index contributed by atoms with van der Waals surface area (Å²) in [5.74, 6) is -4.54. The van der Waals surface area contributed by atoms with Crippen molar-refractivity contribution < 1.29 is 37.0 Å². The smallest absolute Gasteiger partial charge is 0.338 e. The van der Waals surface area contributed by atoms with Crippen molar-refractivity contribution in [2.45, 2.75) is 25.3 Å². The van der Waals surface area contributed by atoms with E-state index < -0.39 is 42.6 Å². The SMILES string of the molecule is CCOC(=O)C1=C(CN2CC(COCOC=O)CC(F)(F)C2)NC(c2nccs2)=N[C@H]1c1ccc(F)cc1Cl. The number of carbonyl (C=O) groups is 2. The Kier molecular flexibility index (Phi) is 9.59. The van der Waals surface area contributed by atoms with Gasteiger partial charge in [-0.25, -0.2) is 22.9 Å². The molecule has 1 aromatic heterocycles. The minimum absolute atomic E-state index is 0.0449. The van der Waals surface area contributed by atoms with Crippen LogP contribution in [0.4, 0.5) is 13.2 Å². The van der Waals surface area contributed by atoms with E-state index in [4.69, 9.17) is 21.1 Å². The summed E-state index contributed by atoms with van der Waals surface area (Å²) < 4.78 is 58.4. The number of amidine groups is 1. The van der Waals surface area contributed by atoms with Crippen molar-refractivity contribution in [1.82, 2.24) is 15.2 Å². The molecule has 0 amide bonds. The number of hydrogen-bond acceptors (Lipinski definition) is 10. The third-order valence-electron chi connectivity index (χ3n) is 6.03. The number of aliphatic imine (C=N–C) groups is 1. The van der Waals surface area contributed by atoms with Gasteiger partial charge in [-0.1, -0.05) is 17.7 Å². The summed E-state index contributed by atoms with van der Waals surface area (Å²) in [5.41, 5.74) is 0.715. The molecule has 0 bridgehead atoms. The number of rotatable bonds is 11. The molecule has 1 saturated heterocycles. The molecule has 2 aromatic rings. The maximum atomic E-state index is 14.7. The number of benzene rings is 1. The highest BCUT2D eigenvalue weighted by Crippen LogP contribution is 2.38. The Labute approximate surface area is 231 Å². The quantitative estimate of drug-likeness (QED) is 0.183. The maximum Gasteiger partial charge on any atom is 0.338 e. The summed E-state index contributed by atoms with van der Waals surface area (Å²) >= 11 is 7.67. The lowest BCUT2D eigenvalue weighted by atomic mass is 9.93. The second kappa shape index (κ2) is 12.9. The number of esters is 1. The van der Waals surface area contributed by atoms with Crippen LogP contribution in [0, 0.1) is 11.7 Å². The third kappa shape index (κ3) is 7.35. The normalized spacial score (nSPS) is 21.2. The average molecular weight is 587 g/mol. The van der Waals surface area contributed by atoms with Gasteiger partial charge in [-0.15, -0.1) is 11.3 Å². The molecule has 4 rings (SSSR count). The standard InChI is InChI=1S/C25H26ClF3N4O5S/c1-2-38-24(35)20-19(10-33-9-15(8-25(28,29)12-33)11-36-14-37-13-34)31-22(23-30-5-6-39-23)32-21(20)17-4-3-16(27)7-18(17)26/h3-7,13,15,21H,2,8-12,14H2,1H3,(H,31,32)/t15?,21-/m0/s1. The predicted octanol–water partition coefficient (Wildman–Crippen LogP) is 3.95. The van der Waals surface area contributed by atoms with E-state index in [0.717, 1.165) is 6.07 Å². The van der Waals surface area contributed by atoms with Crippen molar-refractivity contribution in [3.63, 3.8) is 0 Å². The zero-order valence-corrected chi connectivity index (χ0v) is 22.4. The number of aromatic nitrogens is 1. The lowest BCUT2D eigenvalue weighted by Crippen LogP contribution is -2.50. The molecule has 3 heterocycles. The van der Waals surface area contributed by atoms with Crippen LogP contribution in [0.25, 0.3) is 0 Å².